The number of anilines is 1. The second kappa shape index (κ2) is 4.95. The van der Waals surface area contributed by atoms with Crippen molar-refractivity contribution in [1.29, 1.82) is 0 Å². The zero-order chi connectivity index (χ0) is 14.1. The third-order valence-electron chi connectivity index (χ3n) is 2.57. The molecule has 0 radical (unpaired) electrons. The van der Waals surface area contributed by atoms with Gasteiger partial charge >= 0.3 is 11.4 Å². The van der Waals surface area contributed by atoms with Gasteiger partial charge in [-0.25, -0.2) is 0 Å². The predicted molar refractivity (Wildman–Crippen MR) is 62.3 cm³/mol. The molecule has 0 aliphatic heterocycles. The van der Waals surface area contributed by atoms with E-state index in [0.29, 0.717) is 16.8 Å². The molecule has 0 saturated heterocycles. The van der Waals surface area contributed by atoms with Gasteiger partial charge in [-0.15, -0.1) is 0 Å². The van der Waals surface area contributed by atoms with Gasteiger partial charge in [-0.05, 0) is 48.9 Å². The highest BCUT2D eigenvalue weighted by Crippen LogP contribution is 2.48. The Bertz CT molecular complexity index is 442. The van der Waals surface area contributed by atoms with Crippen LogP contribution >= 0.6 is 11.8 Å². The molecule has 0 heterocycles. The van der Waals surface area contributed by atoms with E-state index in [9.17, 15) is 22.0 Å². The molecule has 1 rings (SSSR count). The first-order valence-corrected chi connectivity index (χ1v) is 5.83. The van der Waals surface area contributed by atoms with E-state index in [-0.39, 0.29) is 4.90 Å². The molecule has 0 fully saturated rings. The zero-order valence-electron chi connectivity index (χ0n) is 9.95. The molecule has 0 spiro atoms. The van der Waals surface area contributed by atoms with E-state index in [2.05, 4.69) is 5.32 Å². The summed E-state index contributed by atoms with van der Waals surface area (Å²) in [5, 5.41) is -1.95. The van der Waals surface area contributed by atoms with Crippen LogP contribution in [-0.2, 0) is 0 Å². The zero-order valence-corrected chi connectivity index (χ0v) is 10.8. The van der Waals surface area contributed by atoms with Crippen LogP contribution in [0.25, 0.3) is 0 Å². The fourth-order valence-corrected chi connectivity index (χ4v) is 2.21. The van der Waals surface area contributed by atoms with E-state index in [4.69, 9.17) is 0 Å². The molecule has 0 amide bonds. The minimum atomic E-state index is -5.56. The quantitative estimate of drug-likeness (QED) is 0.644. The highest BCUT2D eigenvalue weighted by Gasteiger charge is 2.58. The molecule has 0 atom stereocenters. The van der Waals surface area contributed by atoms with Crippen LogP contribution in [0.1, 0.15) is 11.1 Å². The maximum atomic E-state index is 12.9. The van der Waals surface area contributed by atoms with Crippen LogP contribution in [0.2, 0.25) is 0 Å². The molecule has 0 unspecified atom stereocenters. The van der Waals surface area contributed by atoms with Gasteiger partial charge in [0.15, 0.2) is 0 Å². The smallest absolute Gasteiger partial charge is 0.388 e. The molecule has 7 heteroatoms. The lowest BCUT2D eigenvalue weighted by atomic mass is 10.1. The van der Waals surface area contributed by atoms with E-state index in [1.165, 1.54) is 19.1 Å². The maximum absolute atomic E-state index is 12.9. The van der Waals surface area contributed by atoms with Crippen LogP contribution in [0, 0.1) is 13.8 Å². The van der Waals surface area contributed by atoms with Crippen molar-refractivity contribution in [2.45, 2.75) is 30.2 Å². The number of nitrogens with one attached hydrogen (secondary N) is 1. The molecular weight excluding hydrogens is 273 g/mol. The Kier molecular flexibility index (Phi) is 4.15. The minimum Gasteiger partial charge on any atom is -0.388 e. The Balaban J connectivity index is 3.11. The summed E-state index contributed by atoms with van der Waals surface area (Å²) in [7, 11) is 1.65. The first kappa shape index (κ1) is 15.1. The number of benzene rings is 1. The Morgan fingerprint density at radius 2 is 1.56 bits per heavy atom. The molecule has 1 aromatic rings. The van der Waals surface area contributed by atoms with E-state index in [0.717, 1.165) is 0 Å². The number of halogens is 5. The van der Waals surface area contributed by atoms with Crippen molar-refractivity contribution >= 4 is 17.4 Å². The maximum Gasteiger partial charge on any atom is 0.464 e. The minimum absolute atomic E-state index is 0.0752. The van der Waals surface area contributed by atoms with Crippen LogP contribution in [0.4, 0.5) is 27.6 Å². The summed E-state index contributed by atoms with van der Waals surface area (Å²) in [6.07, 6.45) is -5.56. The Labute approximate surface area is 106 Å². The fourth-order valence-electron chi connectivity index (χ4n) is 1.37. The summed E-state index contributed by atoms with van der Waals surface area (Å²) >= 11 is -0.473. The largest absolute Gasteiger partial charge is 0.464 e. The summed E-state index contributed by atoms with van der Waals surface area (Å²) in [5.41, 5.74) is 1.77. The van der Waals surface area contributed by atoms with E-state index < -0.39 is 23.2 Å². The second-order valence-electron chi connectivity index (χ2n) is 3.73. The molecule has 18 heavy (non-hydrogen) atoms. The van der Waals surface area contributed by atoms with Crippen molar-refractivity contribution in [3.63, 3.8) is 0 Å². The lowest BCUT2D eigenvalue weighted by Gasteiger charge is -2.20. The summed E-state index contributed by atoms with van der Waals surface area (Å²) in [5.74, 6) is 0. The molecule has 0 aliphatic rings. The molecule has 0 aromatic heterocycles. The third kappa shape index (κ3) is 2.88. The summed E-state index contributed by atoms with van der Waals surface area (Å²) in [6, 6.07) is 2.75. The molecule has 0 bridgehead atoms. The third-order valence-corrected chi connectivity index (χ3v) is 3.72. The van der Waals surface area contributed by atoms with Crippen molar-refractivity contribution in [3.8, 4) is 0 Å². The van der Waals surface area contributed by atoms with Crippen molar-refractivity contribution in [1.82, 2.24) is 0 Å². The van der Waals surface area contributed by atoms with Crippen LogP contribution < -0.4 is 5.32 Å². The van der Waals surface area contributed by atoms with Crippen LogP contribution in [0.15, 0.2) is 17.0 Å². The monoisotopic (exact) mass is 285 g/mol. The van der Waals surface area contributed by atoms with E-state index >= 15 is 0 Å². The summed E-state index contributed by atoms with van der Waals surface area (Å²) < 4.78 is 62.2. The molecular formula is C11H12F5NS. The normalized spacial score (nSPS) is 12.7. The summed E-state index contributed by atoms with van der Waals surface area (Å²) in [4.78, 5) is -0.0752. The van der Waals surface area contributed by atoms with Gasteiger partial charge in [-0.2, -0.15) is 22.0 Å². The van der Waals surface area contributed by atoms with Gasteiger partial charge in [0.05, 0.1) is 0 Å². The lowest BCUT2D eigenvalue weighted by Crippen LogP contribution is -2.32. The average Bonchev–Trinajstić information content (AvgIpc) is 2.23. The van der Waals surface area contributed by atoms with Gasteiger partial charge in [0, 0.05) is 17.6 Å². The van der Waals surface area contributed by atoms with Gasteiger partial charge in [0.25, 0.3) is 0 Å². The highest BCUT2D eigenvalue weighted by molar-refractivity contribution is 8.00. The molecule has 1 nitrogen and oxygen atoms in total. The number of rotatable bonds is 3. The van der Waals surface area contributed by atoms with Gasteiger partial charge in [0.2, 0.25) is 0 Å². The SMILES string of the molecule is CNc1ccc(SC(F)(F)C(F)(F)F)c(C)c1C. The Morgan fingerprint density at radius 3 is 2.00 bits per heavy atom. The number of hydrogen-bond donors (Lipinski definition) is 1. The Morgan fingerprint density at radius 1 is 1.00 bits per heavy atom. The Hall–Kier alpha value is -0.980. The van der Waals surface area contributed by atoms with E-state index in [1.807, 2.05) is 0 Å². The first-order valence-electron chi connectivity index (χ1n) is 5.01. The second-order valence-corrected chi connectivity index (χ2v) is 4.88. The molecule has 1 N–H and O–H groups in total. The van der Waals surface area contributed by atoms with Gasteiger partial charge in [-0.3, -0.25) is 0 Å². The van der Waals surface area contributed by atoms with Crippen molar-refractivity contribution in [2.24, 2.45) is 0 Å². The number of hydrogen-bond acceptors (Lipinski definition) is 2. The predicted octanol–water partition coefficient (Wildman–Crippen LogP) is 4.59. The first-order chi connectivity index (χ1) is 8.10. The van der Waals surface area contributed by atoms with Crippen LogP contribution in [0.3, 0.4) is 0 Å². The van der Waals surface area contributed by atoms with Crippen LogP contribution in [0.5, 0.6) is 0 Å². The average molecular weight is 285 g/mol. The summed E-state index contributed by atoms with van der Waals surface area (Å²) in [6.45, 7) is 3.18. The van der Waals surface area contributed by atoms with Crippen LogP contribution in [-0.4, -0.2) is 18.5 Å². The van der Waals surface area contributed by atoms with Crippen molar-refractivity contribution < 1.29 is 22.0 Å². The van der Waals surface area contributed by atoms with Crippen molar-refractivity contribution in [3.05, 3.63) is 23.3 Å². The molecule has 102 valence electrons. The van der Waals surface area contributed by atoms with Crippen molar-refractivity contribution in [2.75, 3.05) is 12.4 Å². The standard InChI is InChI=1S/C11H12F5NS/c1-6-7(2)9(5-4-8(6)17-3)18-11(15,16)10(12,13)14/h4-5,17H,1-3H3. The topological polar surface area (TPSA) is 12.0 Å². The lowest BCUT2D eigenvalue weighted by molar-refractivity contribution is -0.237. The van der Waals surface area contributed by atoms with Gasteiger partial charge in [-0.1, -0.05) is 0 Å². The van der Waals surface area contributed by atoms with Gasteiger partial charge < -0.3 is 5.32 Å². The number of alkyl halides is 5. The molecule has 0 saturated carbocycles. The van der Waals surface area contributed by atoms with E-state index in [1.54, 1.807) is 14.0 Å². The molecule has 0 aliphatic carbocycles. The highest BCUT2D eigenvalue weighted by atomic mass is 32.2. The number of thioether (sulfide) groups is 1. The van der Waals surface area contributed by atoms with Gasteiger partial charge in [0.1, 0.15) is 0 Å². The molecule has 1 aromatic carbocycles. The fraction of sp³-hybridized carbons (Fsp3) is 0.455.